The van der Waals surface area contributed by atoms with Gasteiger partial charge in [0, 0.05) is 5.75 Å². The zero-order valence-corrected chi connectivity index (χ0v) is 17.2. The van der Waals surface area contributed by atoms with Crippen molar-refractivity contribution in [3.8, 4) is 17.2 Å². The summed E-state index contributed by atoms with van der Waals surface area (Å²) in [5, 5.41) is 11.3. The monoisotopic (exact) mass is 474 g/mol. The minimum atomic E-state index is -3.13. The number of rotatable bonds is 8. The summed E-state index contributed by atoms with van der Waals surface area (Å²) in [7, 11) is -3.13. The number of aromatic nitrogens is 4. The predicted molar refractivity (Wildman–Crippen MR) is 100 cm³/mol. The SMILES string of the molecule is CCCS(=O)(=O)CCCc1nonc1-c1noc(=O)n1-c1ccc(F)c(Br)c1. The second kappa shape index (κ2) is 8.35. The second-order valence-corrected chi connectivity index (χ2v) is 9.18. The van der Waals surface area contributed by atoms with Gasteiger partial charge in [0.2, 0.25) is 5.82 Å². The van der Waals surface area contributed by atoms with Crippen LogP contribution in [0.1, 0.15) is 25.5 Å². The molecule has 150 valence electrons. The molecule has 0 aliphatic heterocycles. The Bertz CT molecular complexity index is 1140. The summed E-state index contributed by atoms with van der Waals surface area (Å²) in [5.74, 6) is -1.14. The highest BCUT2D eigenvalue weighted by Gasteiger charge is 2.23. The summed E-state index contributed by atoms with van der Waals surface area (Å²) >= 11 is 3.06. The summed E-state index contributed by atoms with van der Waals surface area (Å²) in [6, 6.07) is 3.96. The van der Waals surface area contributed by atoms with Crippen molar-refractivity contribution in [1.29, 1.82) is 0 Å². The van der Waals surface area contributed by atoms with Crippen LogP contribution >= 0.6 is 15.9 Å². The van der Waals surface area contributed by atoms with Crippen LogP contribution in [-0.2, 0) is 16.3 Å². The summed E-state index contributed by atoms with van der Waals surface area (Å²) in [6.45, 7) is 1.80. The number of nitrogens with zero attached hydrogens (tertiary/aromatic N) is 4. The topological polar surface area (TPSA) is 121 Å². The third kappa shape index (κ3) is 4.38. The summed E-state index contributed by atoms with van der Waals surface area (Å²) in [4.78, 5) is 12.1. The maximum absolute atomic E-state index is 13.5. The van der Waals surface area contributed by atoms with E-state index in [1.807, 2.05) is 0 Å². The van der Waals surface area contributed by atoms with Crippen molar-refractivity contribution in [3.63, 3.8) is 0 Å². The Morgan fingerprint density at radius 2 is 2.00 bits per heavy atom. The van der Waals surface area contributed by atoms with Crippen LogP contribution in [0.25, 0.3) is 17.2 Å². The quantitative estimate of drug-likeness (QED) is 0.488. The smallest absolute Gasteiger partial charge is 0.295 e. The molecule has 0 radical (unpaired) electrons. The van der Waals surface area contributed by atoms with E-state index in [1.54, 1.807) is 6.92 Å². The Morgan fingerprint density at radius 1 is 1.21 bits per heavy atom. The highest BCUT2D eigenvalue weighted by atomic mass is 79.9. The molecule has 0 atom stereocenters. The molecule has 0 spiro atoms. The molecule has 0 unspecified atom stereocenters. The fourth-order valence-electron chi connectivity index (χ4n) is 2.66. The van der Waals surface area contributed by atoms with Crippen molar-refractivity contribution in [2.24, 2.45) is 0 Å². The first-order valence-electron chi connectivity index (χ1n) is 8.38. The molecular formula is C16H16BrFN4O5S. The van der Waals surface area contributed by atoms with E-state index in [0.717, 1.165) is 4.57 Å². The molecule has 0 aliphatic carbocycles. The minimum absolute atomic E-state index is 0.00364. The van der Waals surface area contributed by atoms with Crippen molar-refractivity contribution in [2.75, 3.05) is 11.5 Å². The standard InChI is InChI=1S/C16H16BrFN4O5S/c1-2-7-28(24,25)8-3-4-13-14(20-27-19-13)15-21-26-16(23)22(15)10-5-6-12(18)11(17)9-10/h5-6,9H,2-4,7-8H2,1H3. The summed E-state index contributed by atoms with van der Waals surface area (Å²) < 4.78 is 48.0. The van der Waals surface area contributed by atoms with Gasteiger partial charge in [0.05, 0.1) is 15.9 Å². The van der Waals surface area contributed by atoms with Crippen LogP contribution in [0.5, 0.6) is 0 Å². The zero-order chi connectivity index (χ0) is 20.3. The Kier molecular flexibility index (Phi) is 6.08. The molecular weight excluding hydrogens is 459 g/mol. The second-order valence-electron chi connectivity index (χ2n) is 6.02. The number of sulfone groups is 1. The van der Waals surface area contributed by atoms with Crippen molar-refractivity contribution in [1.82, 2.24) is 20.0 Å². The Balaban J connectivity index is 1.89. The molecule has 2 aromatic heterocycles. The van der Waals surface area contributed by atoms with E-state index in [-0.39, 0.29) is 33.9 Å². The molecule has 12 heteroatoms. The maximum atomic E-state index is 13.5. The molecule has 9 nitrogen and oxygen atoms in total. The van der Waals surface area contributed by atoms with Gasteiger partial charge in [-0.2, -0.15) is 0 Å². The number of hydrogen-bond acceptors (Lipinski definition) is 8. The van der Waals surface area contributed by atoms with Gasteiger partial charge in [-0.25, -0.2) is 26.8 Å². The van der Waals surface area contributed by atoms with E-state index < -0.39 is 21.4 Å². The van der Waals surface area contributed by atoms with Gasteiger partial charge in [0.25, 0.3) is 0 Å². The normalized spacial score (nSPS) is 11.8. The van der Waals surface area contributed by atoms with Gasteiger partial charge in [-0.05, 0) is 58.5 Å². The van der Waals surface area contributed by atoms with Crippen LogP contribution in [0, 0.1) is 5.82 Å². The fraction of sp³-hybridized carbons (Fsp3) is 0.375. The van der Waals surface area contributed by atoms with E-state index in [2.05, 4.69) is 31.4 Å². The van der Waals surface area contributed by atoms with Gasteiger partial charge in [0.1, 0.15) is 21.3 Å². The van der Waals surface area contributed by atoms with E-state index >= 15 is 0 Å². The Hall–Kier alpha value is -2.34. The highest BCUT2D eigenvalue weighted by molar-refractivity contribution is 9.10. The van der Waals surface area contributed by atoms with Crippen LogP contribution in [0.4, 0.5) is 4.39 Å². The first kappa shape index (κ1) is 20.4. The average Bonchev–Trinajstić information content (AvgIpc) is 3.23. The van der Waals surface area contributed by atoms with Crippen LogP contribution in [0.15, 0.2) is 36.6 Å². The van der Waals surface area contributed by atoms with Crippen molar-refractivity contribution < 1.29 is 22.0 Å². The molecule has 2 heterocycles. The molecule has 0 saturated heterocycles. The third-order valence-electron chi connectivity index (χ3n) is 3.92. The highest BCUT2D eigenvalue weighted by Crippen LogP contribution is 2.24. The number of halogens is 2. The summed E-state index contributed by atoms with van der Waals surface area (Å²) in [6.07, 6.45) is 1.13. The van der Waals surface area contributed by atoms with Gasteiger partial charge >= 0.3 is 5.76 Å². The average molecular weight is 475 g/mol. The summed E-state index contributed by atoms with van der Waals surface area (Å²) in [5.41, 5.74) is 0.795. The zero-order valence-electron chi connectivity index (χ0n) is 14.8. The lowest BCUT2D eigenvalue weighted by Crippen LogP contribution is -2.14. The van der Waals surface area contributed by atoms with Crippen molar-refractivity contribution in [3.05, 3.63) is 44.7 Å². The Labute approximate surface area is 167 Å². The molecule has 0 N–H and O–H groups in total. The van der Waals surface area contributed by atoms with Gasteiger partial charge in [-0.15, -0.1) is 0 Å². The first-order chi connectivity index (χ1) is 13.3. The van der Waals surface area contributed by atoms with Crippen LogP contribution in [0.3, 0.4) is 0 Å². The molecule has 0 fully saturated rings. The minimum Gasteiger partial charge on any atom is -0.295 e. The fourth-order valence-corrected chi connectivity index (χ4v) is 4.44. The van der Waals surface area contributed by atoms with Gasteiger partial charge in [-0.3, -0.25) is 4.52 Å². The molecule has 28 heavy (non-hydrogen) atoms. The predicted octanol–water partition coefficient (Wildman–Crippen LogP) is 2.53. The largest absolute Gasteiger partial charge is 0.446 e. The first-order valence-corrected chi connectivity index (χ1v) is 11.0. The van der Waals surface area contributed by atoms with E-state index in [9.17, 15) is 17.6 Å². The van der Waals surface area contributed by atoms with Gasteiger partial charge in [-0.1, -0.05) is 17.2 Å². The molecule has 0 aliphatic rings. The van der Waals surface area contributed by atoms with E-state index in [1.165, 1.54) is 18.2 Å². The molecule has 0 bridgehead atoms. The molecule has 3 rings (SSSR count). The molecule has 1 aromatic carbocycles. The molecule has 3 aromatic rings. The van der Waals surface area contributed by atoms with Crippen LogP contribution in [-0.4, -0.2) is 40.0 Å². The third-order valence-corrected chi connectivity index (χ3v) is 6.47. The lowest BCUT2D eigenvalue weighted by molar-refractivity contribution is 0.304. The van der Waals surface area contributed by atoms with Crippen LogP contribution in [0.2, 0.25) is 0 Å². The van der Waals surface area contributed by atoms with Gasteiger partial charge < -0.3 is 0 Å². The van der Waals surface area contributed by atoms with Crippen molar-refractivity contribution >= 4 is 25.8 Å². The van der Waals surface area contributed by atoms with Crippen LogP contribution < -0.4 is 5.76 Å². The van der Waals surface area contributed by atoms with Crippen molar-refractivity contribution in [2.45, 2.75) is 26.2 Å². The van der Waals surface area contributed by atoms with Gasteiger partial charge in [0.15, 0.2) is 5.69 Å². The lowest BCUT2D eigenvalue weighted by Gasteiger charge is -2.05. The number of aryl methyl sites for hydroxylation is 1. The Morgan fingerprint density at radius 3 is 2.71 bits per heavy atom. The molecule has 0 amide bonds. The number of benzene rings is 1. The number of hydrogen-bond donors (Lipinski definition) is 0. The van der Waals surface area contributed by atoms with E-state index in [0.29, 0.717) is 24.2 Å². The molecule has 0 saturated carbocycles. The maximum Gasteiger partial charge on any atom is 0.446 e. The van der Waals surface area contributed by atoms with E-state index in [4.69, 9.17) is 9.15 Å². The lowest BCUT2D eigenvalue weighted by atomic mass is 10.2.